The number of ether oxygens (including phenoxy) is 2. The number of hydrogen-bond acceptors (Lipinski definition) is 7. The number of rotatable bonds is 32. The quantitative estimate of drug-likeness (QED) is 0.0242. The maximum Gasteiger partial charge on any atom is 0.472 e. The van der Waals surface area contributed by atoms with Crippen molar-refractivity contribution in [2.75, 3.05) is 47.5 Å². The first-order chi connectivity index (χ1) is 23.5. The Morgan fingerprint density at radius 1 is 0.653 bits per heavy atom. The van der Waals surface area contributed by atoms with Crippen LogP contribution in [0, 0.1) is 0 Å². The van der Waals surface area contributed by atoms with Crippen molar-refractivity contribution in [1.29, 1.82) is 0 Å². The van der Waals surface area contributed by atoms with E-state index in [-0.39, 0.29) is 26.1 Å². The molecule has 0 amide bonds. The van der Waals surface area contributed by atoms with Crippen LogP contribution in [-0.2, 0) is 32.7 Å². The molecule has 0 spiro atoms. The van der Waals surface area contributed by atoms with Gasteiger partial charge in [0.2, 0.25) is 0 Å². The molecule has 0 aromatic heterocycles. The molecule has 0 aliphatic carbocycles. The van der Waals surface area contributed by atoms with E-state index in [4.69, 9.17) is 18.5 Å². The van der Waals surface area contributed by atoms with Crippen molar-refractivity contribution in [3.05, 3.63) is 60.8 Å². The molecule has 0 aromatic rings. The van der Waals surface area contributed by atoms with E-state index in [9.17, 15) is 19.0 Å². The van der Waals surface area contributed by atoms with Crippen molar-refractivity contribution in [1.82, 2.24) is 0 Å². The lowest BCUT2D eigenvalue weighted by atomic mass is 10.1. The van der Waals surface area contributed by atoms with Crippen molar-refractivity contribution < 1.29 is 42.1 Å². The van der Waals surface area contributed by atoms with Gasteiger partial charge in [-0.25, -0.2) is 4.57 Å². The molecule has 0 saturated heterocycles. The van der Waals surface area contributed by atoms with Gasteiger partial charge in [-0.2, -0.15) is 0 Å². The van der Waals surface area contributed by atoms with Gasteiger partial charge in [-0.1, -0.05) is 120 Å². The molecule has 0 aromatic carbocycles. The van der Waals surface area contributed by atoms with Gasteiger partial charge in [-0.05, 0) is 51.4 Å². The number of carbonyl (C=O) groups excluding carboxylic acids is 2. The lowest BCUT2D eigenvalue weighted by Crippen LogP contribution is -2.37. The fourth-order valence-electron chi connectivity index (χ4n) is 4.40. The molecular weight excluding hydrogens is 641 g/mol. The third-order valence-electron chi connectivity index (χ3n) is 7.31. The number of phosphoric acid groups is 1. The van der Waals surface area contributed by atoms with E-state index in [1.807, 2.05) is 27.2 Å². The number of nitrogens with zero attached hydrogens (tertiary/aromatic N) is 1. The van der Waals surface area contributed by atoms with Gasteiger partial charge in [0.05, 0.1) is 27.7 Å². The highest BCUT2D eigenvalue weighted by atomic mass is 31.2. The summed E-state index contributed by atoms with van der Waals surface area (Å²) in [6, 6.07) is 0. The summed E-state index contributed by atoms with van der Waals surface area (Å²) < 4.78 is 34.0. The summed E-state index contributed by atoms with van der Waals surface area (Å²) in [6.45, 7) is 4.17. The highest BCUT2D eigenvalue weighted by Crippen LogP contribution is 2.43. The van der Waals surface area contributed by atoms with Gasteiger partial charge in [0.15, 0.2) is 6.10 Å². The van der Waals surface area contributed by atoms with Crippen LogP contribution in [0.15, 0.2) is 60.8 Å². The molecule has 9 nitrogen and oxygen atoms in total. The minimum Gasteiger partial charge on any atom is -0.462 e. The number of allylic oxidation sites excluding steroid dienone is 10. The minimum absolute atomic E-state index is 0.0190. The molecule has 0 aliphatic rings. The van der Waals surface area contributed by atoms with E-state index in [1.54, 1.807) is 0 Å². The highest BCUT2D eigenvalue weighted by Gasteiger charge is 2.27. The summed E-state index contributed by atoms with van der Waals surface area (Å²) in [7, 11) is 1.43. The van der Waals surface area contributed by atoms with Crippen LogP contribution in [0.3, 0.4) is 0 Å². The Morgan fingerprint density at radius 2 is 1.16 bits per heavy atom. The van der Waals surface area contributed by atoms with Crippen LogP contribution < -0.4 is 0 Å². The van der Waals surface area contributed by atoms with Crippen LogP contribution in [0.1, 0.15) is 123 Å². The second-order valence-electron chi connectivity index (χ2n) is 13.2. The predicted molar refractivity (Wildman–Crippen MR) is 201 cm³/mol. The first-order valence-electron chi connectivity index (χ1n) is 18.5. The summed E-state index contributed by atoms with van der Waals surface area (Å²) in [5, 5.41) is 0. The monoisotopic (exact) mass is 710 g/mol. The van der Waals surface area contributed by atoms with Crippen LogP contribution in [0.2, 0.25) is 0 Å². The van der Waals surface area contributed by atoms with Crippen molar-refractivity contribution in [3.63, 3.8) is 0 Å². The first-order valence-corrected chi connectivity index (χ1v) is 20.0. The minimum atomic E-state index is -4.38. The molecule has 0 radical (unpaired) electrons. The Labute approximate surface area is 298 Å². The van der Waals surface area contributed by atoms with Crippen molar-refractivity contribution in [2.24, 2.45) is 0 Å². The normalized spacial score (nSPS) is 14.5. The van der Waals surface area contributed by atoms with E-state index in [1.165, 1.54) is 32.1 Å². The molecule has 0 bridgehead atoms. The second kappa shape index (κ2) is 31.7. The van der Waals surface area contributed by atoms with E-state index < -0.39 is 32.5 Å². The largest absolute Gasteiger partial charge is 0.472 e. The molecular formula is C39H69NO8P+. The van der Waals surface area contributed by atoms with Crippen LogP contribution in [0.25, 0.3) is 0 Å². The van der Waals surface area contributed by atoms with Gasteiger partial charge >= 0.3 is 19.8 Å². The predicted octanol–water partition coefficient (Wildman–Crippen LogP) is 9.73. The summed E-state index contributed by atoms with van der Waals surface area (Å²) in [5.41, 5.74) is 0. The Bertz CT molecular complexity index is 1030. The van der Waals surface area contributed by atoms with Crippen LogP contribution in [0.5, 0.6) is 0 Å². The number of esters is 2. The molecule has 49 heavy (non-hydrogen) atoms. The van der Waals surface area contributed by atoms with Crippen molar-refractivity contribution >= 4 is 19.8 Å². The van der Waals surface area contributed by atoms with Gasteiger partial charge in [0.25, 0.3) is 0 Å². The Morgan fingerprint density at radius 3 is 1.71 bits per heavy atom. The average molecular weight is 711 g/mol. The highest BCUT2D eigenvalue weighted by molar-refractivity contribution is 7.47. The van der Waals surface area contributed by atoms with Crippen molar-refractivity contribution in [3.8, 4) is 0 Å². The molecule has 0 rings (SSSR count). The molecule has 2 unspecified atom stereocenters. The Balaban J connectivity index is 4.55. The molecule has 282 valence electrons. The molecule has 0 heterocycles. The molecule has 10 heteroatoms. The van der Waals surface area contributed by atoms with Gasteiger partial charge in [0, 0.05) is 12.8 Å². The van der Waals surface area contributed by atoms with Crippen molar-refractivity contribution in [2.45, 2.75) is 129 Å². The number of quaternary nitrogens is 1. The van der Waals surface area contributed by atoms with E-state index in [2.05, 4.69) is 68.5 Å². The molecule has 2 atom stereocenters. The lowest BCUT2D eigenvalue weighted by Gasteiger charge is -2.24. The van der Waals surface area contributed by atoms with Gasteiger partial charge in [0.1, 0.15) is 19.8 Å². The Kier molecular flexibility index (Phi) is 30.2. The fraction of sp³-hybridized carbons (Fsp3) is 0.692. The fourth-order valence-corrected chi connectivity index (χ4v) is 5.14. The second-order valence-corrected chi connectivity index (χ2v) is 14.7. The number of hydrogen-bond donors (Lipinski definition) is 1. The molecule has 1 N–H and O–H groups in total. The summed E-state index contributed by atoms with van der Waals surface area (Å²) in [4.78, 5) is 35.0. The zero-order valence-corrected chi connectivity index (χ0v) is 32.3. The molecule has 0 fully saturated rings. The van der Waals surface area contributed by atoms with Gasteiger partial charge < -0.3 is 18.9 Å². The lowest BCUT2D eigenvalue weighted by molar-refractivity contribution is -0.870. The third kappa shape index (κ3) is 35.3. The van der Waals surface area contributed by atoms with Crippen LogP contribution >= 0.6 is 7.82 Å². The Hall–Kier alpha value is -2.29. The number of carbonyl (C=O) groups is 2. The van der Waals surface area contributed by atoms with Crippen LogP contribution in [0.4, 0.5) is 0 Å². The van der Waals surface area contributed by atoms with E-state index in [0.717, 1.165) is 51.4 Å². The van der Waals surface area contributed by atoms with E-state index >= 15 is 0 Å². The van der Waals surface area contributed by atoms with Gasteiger partial charge in [-0.15, -0.1) is 0 Å². The summed E-state index contributed by atoms with van der Waals surface area (Å²) in [5.74, 6) is -0.879. The number of unbranched alkanes of at least 4 members (excludes halogenated alkanes) is 8. The summed E-state index contributed by atoms with van der Waals surface area (Å²) in [6.07, 6.45) is 35.8. The smallest absolute Gasteiger partial charge is 0.462 e. The topological polar surface area (TPSA) is 108 Å². The standard InChI is InChI=1S/C39H68NO8P/c1-6-8-10-12-14-16-17-18-19-20-21-22-23-24-26-28-30-32-39(42)48-37(36-47-49(43,44)46-34-33-40(3,4)5)35-45-38(41)31-29-27-25-15-13-11-9-7-2/h8,10,14,16,18-19,21-22,24,26,37H,6-7,9,11-13,15,17,20,23,25,27-36H2,1-5H3/p+1/b10-8-,16-14-,19-18-,22-21-,26-24-. The molecule has 0 aliphatic heterocycles. The third-order valence-corrected chi connectivity index (χ3v) is 8.30. The van der Waals surface area contributed by atoms with Gasteiger partial charge in [-0.3, -0.25) is 18.6 Å². The number of likely N-dealkylation sites (N-methyl/N-ethyl adjacent to an activating group) is 1. The zero-order valence-electron chi connectivity index (χ0n) is 31.4. The van der Waals surface area contributed by atoms with Crippen LogP contribution in [-0.4, -0.2) is 74.9 Å². The summed E-state index contributed by atoms with van der Waals surface area (Å²) >= 11 is 0. The zero-order chi connectivity index (χ0) is 36.5. The number of phosphoric ester groups is 1. The maximum absolute atomic E-state index is 12.6. The van der Waals surface area contributed by atoms with E-state index in [0.29, 0.717) is 23.9 Å². The average Bonchev–Trinajstić information content (AvgIpc) is 3.04. The SMILES string of the molecule is CC/C=C\C/C=C\C/C=C\C/C=C\C/C=C\CCCC(=O)OC(COC(=O)CCCCCCCCCC)COP(=O)(O)OCC[N+](C)(C)C. The maximum atomic E-state index is 12.6. The first kappa shape index (κ1) is 46.7. The molecule has 0 saturated carbocycles.